The number of hydrogen-bond acceptors (Lipinski definition) is 5. The fourth-order valence-corrected chi connectivity index (χ4v) is 1.65. The van der Waals surface area contributed by atoms with Crippen LogP contribution in [0.4, 0.5) is 11.4 Å². The maximum absolute atomic E-state index is 10.8. The van der Waals surface area contributed by atoms with Gasteiger partial charge in [-0.25, -0.2) is 0 Å². The highest BCUT2D eigenvalue weighted by molar-refractivity contribution is 5.56. The number of non-ortho nitro benzene ring substituents is 1. The van der Waals surface area contributed by atoms with Gasteiger partial charge in [0.15, 0.2) is 0 Å². The van der Waals surface area contributed by atoms with Crippen molar-refractivity contribution in [2.24, 2.45) is 5.84 Å². The van der Waals surface area contributed by atoms with E-state index < -0.39 is 4.92 Å². The van der Waals surface area contributed by atoms with E-state index in [1.54, 1.807) is 12.1 Å². The number of nitrogen functional groups attached to an aromatic ring is 1. The fraction of sp³-hybridized carbons (Fsp3) is 0.0769. The number of benzene rings is 2. The van der Waals surface area contributed by atoms with Crippen LogP contribution in [0.25, 0.3) is 0 Å². The van der Waals surface area contributed by atoms with Gasteiger partial charge in [-0.05, 0) is 24.6 Å². The number of hydrazine groups is 1. The predicted molar refractivity (Wildman–Crippen MR) is 72.2 cm³/mol. The summed E-state index contributed by atoms with van der Waals surface area (Å²) in [5.41, 5.74) is 3.75. The summed E-state index contributed by atoms with van der Waals surface area (Å²) in [4.78, 5) is 10.3. The minimum absolute atomic E-state index is 0.0851. The third-order valence-electron chi connectivity index (χ3n) is 2.49. The van der Waals surface area contributed by atoms with Crippen molar-refractivity contribution >= 4 is 11.4 Å². The number of nitro groups is 1. The van der Waals surface area contributed by atoms with Gasteiger partial charge in [-0.2, -0.15) is 0 Å². The number of rotatable bonds is 4. The van der Waals surface area contributed by atoms with Crippen molar-refractivity contribution in [2.45, 2.75) is 6.92 Å². The van der Waals surface area contributed by atoms with E-state index in [1.807, 2.05) is 25.1 Å². The predicted octanol–water partition coefficient (Wildman–Crippen LogP) is 2.98. The minimum Gasteiger partial charge on any atom is -0.457 e. The average Bonchev–Trinajstić information content (AvgIpc) is 2.38. The Hall–Kier alpha value is -2.60. The maximum Gasteiger partial charge on any atom is 0.275 e. The van der Waals surface area contributed by atoms with Crippen LogP contribution in [-0.2, 0) is 0 Å². The molecular weight excluding hydrogens is 246 g/mol. The zero-order chi connectivity index (χ0) is 13.8. The molecule has 0 aliphatic rings. The quantitative estimate of drug-likeness (QED) is 0.500. The van der Waals surface area contributed by atoms with Crippen molar-refractivity contribution in [1.29, 1.82) is 0 Å². The third kappa shape index (κ3) is 3.20. The summed E-state index contributed by atoms with van der Waals surface area (Å²) < 4.78 is 5.59. The van der Waals surface area contributed by atoms with Crippen molar-refractivity contribution in [3.05, 3.63) is 58.1 Å². The molecule has 0 unspecified atom stereocenters. The van der Waals surface area contributed by atoms with E-state index in [-0.39, 0.29) is 5.69 Å². The van der Waals surface area contributed by atoms with Crippen LogP contribution >= 0.6 is 0 Å². The number of nitrogens with two attached hydrogens (primary N) is 1. The molecule has 0 fully saturated rings. The SMILES string of the molecule is Cc1cccc(Oc2cc(NN)cc([N+](=O)[O-])c2)c1. The van der Waals surface area contributed by atoms with E-state index in [2.05, 4.69) is 5.43 Å². The highest BCUT2D eigenvalue weighted by atomic mass is 16.6. The fourth-order valence-electron chi connectivity index (χ4n) is 1.65. The Morgan fingerprint density at radius 2 is 2.00 bits per heavy atom. The molecule has 0 bridgehead atoms. The summed E-state index contributed by atoms with van der Waals surface area (Å²) in [6.07, 6.45) is 0. The number of anilines is 1. The Balaban J connectivity index is 2.34. The van der Waals surface area contributed by atoms with Gasteiger partial charge in [0.25, 0.3) is 5.69 Å². The van der Waals surface area contributed by atoms with Gasteiger partial charge in [0, 0.05) is 12.1 Å². The number of nitro benzene ring substituents is 1. The first-order valence-electron chi connectivity index (χ1n) is 5.59. The second-order valence-electron chi connectivity index (χ2n) is 4.04. The summed E-state index contributed by atoms with van der Waals surface area (Å²) in [7, 11) is 0. The molecule has 0 spiro atoms. The smallest absolute Gasteiger partial charge is 0.275 e. The molecule has 19 heavy (non-hydrogen) atoms. The molecule has 6 heteroatoms. The lowest BCUT2D eigenvalue weighted by Crippen LogP contribution is -2.07. The topological polar surface area (TPSA) is 90.4 Å². The summed E-state index contributed by atoms with van der Waals surface area (Å²) in [5, 5.41) is 10.8. The van der Waals surface area contributed by atoms with Crippen molar-refractivity contribution in [3.8, 4) is 11.5 Å². The average molecular weight is 259 g/mol. The lowest BCUT2D eigenvalue weighted by molar-refractivity contribution is -0.384. The first kappa shape index (κ1) is 12.8. The molecule has 3 N–H and O–H groups in total. The lowest BCUT2D eigenvalue weighted by atomic mass is 10.2. The maximum atomic E-state index is 10.8. The molecule has 0 aliphatic heterocycles. The molecule has 0 saturated heterocycles. The van der Waals surface area contributed by atoms with Crippen molar-refractivity contribution in [2.75, 3.05) is 5.43 Å². The van der Waals surface area contributed by atoms with Crippen LogP contribution < -0.4 is 16.0 Å². The Labute approximate surface area is 109 Å². The monoisotopic (exact) mass is 259 g/mol. The van der Waals surface area contributed by atoms with E-state index in [0.29, 0.717) is 17.2 Å². The number of nitrogens with one attached hydrogen (secondary N) is 1. The lowest BCUT2D eigenvalue weighted by Gasteiger charge is -2.08. The summed E-state index contributed by atoms with van der Waals surface area (Å²) in [5.74, 6) is 6.25. The van der Waals surface area contributed by atoms with Crippen LogP contribution in [0.1, 0.15) is 5.56 Å². The second-order valence-corrected chi connectivity index (χ2v) is 4.04. The molecule has 0 atom stereocenters. The molecule has 0 saturated carbocycles. The van der Waals surface area contributed by atoms with E-state index in [1.165, 1.54) is 12.1 Å². The van der Waals surface area contributed by atoms with E-state index >= 15 is 0 Å². The molecule has 98 valence electrons. The number of aryl methyl sites for hydroxylation is 1. The minimum atomic E-state index is -0.496. The summed E-state index contributed by atoms with van der Waals surface area (Å²) >= 11 is 0. The Morgan fingerprint density at radius 3 is 2.63 bits per heavy atom. The largest absolute Gasteiger partial charge is 0.457 e. The highest BCUT2D eigenvalue weighted by Gasteiger charge is 2.10. The number of nitrogens with zero attached hydrogens (tertiary/aromatic N) is 1. The van der Waals surface area contributed by atoms with E-state index in [0.717, 1.165) is 5.56 Å². The zero-order valence-electron chi connectivity index (χ0n) is 10.3. The standard InChI is InChI=1S/C13H13N3O3/c1-9-3-2-4-12(5-9)19-13-7-10(15-14)6-11(8-13)16(17)18/h2-8,15H,14H2,1H3. The summed E-state index contributed by atoms with van der Waals surface area (Å²) in [6, 6.07) is 11.7. The van der Waals surface area contributed by atoms with E-state index in [4.69, 9.17) is 10.6 Å². The van der Waals surface area contributed by atoms with Gasteiger partial charge in [0.1, 0.15) is 11.5 Å². The van der Waals surface area contributed by atoms with Crippen molar-refractivity contribution in [1.82, 2.24) is 0 Å². The first-order chi connectivity index (χ1) is 9.08. The van der Waals surface area contributed by atoms with Gasteiger partial charge < -0.3 is 10.2 Å². The van der Waals surface area contributed by atoms with Crippen LogP contribution in [-0.4, -0.2) is 4.92 Å². The van der Waals surface area contributed by atoms with Gasteiger partial charge in [0.2, 0.25) is 0 Å². The van der Waals surface area contributed by atoms with Crippen LogP contribution in [0.2, 0.25) is 0 Å². The Kier molecular flexibility index (Phi) is 3.63. The molecule has 2 aromatic carbocycles. The van der Waals surface area contributed by atoms with Gasteiger partial charge in [0.05, 0.1) is 16.7 Å². The highest BCUT2D eigenvalue weighted by Crippen LogP contribution is 2.29. The van der Waals surface area contributed by atoms with Gasteiger partial charge >= 0.3 is 0 Å². The Bertz CT molecular complexity index is 614. The molecule has 0 aliphatic carbocycles. The summed E-state index contributed by atoms with van der Waals surface area (Å²) in [6.45, 7) is 1.94. The number of ether oxygens (including phenoxy) is 1. The molecule has 6 nitrogen and oxygen atoms in total. The Morgan fingerprint density at radius 1 is 1.21 bits per heavy atom. The third-order valence-corrected chi connectivity index (χ3v) is 2.49. The normalized spacial score (nSPS) is 10.0. The number of hydrogen-bond donors (Lipinski definition) is 2. The molecule has 0 aromatic heterocycles. The van der Waals surface area contributed by atoms with Gasteiger partial charge in [-0.15, -0.1) is 0 Å². The molecule has 2 aromatic rings. The van der Waals surface area contributed by atoms with Gasteiger partial charge in [-0.1, -0.05) is 12.1 Å². The van der Waals surface area contributed by atoms with Gasteiger partial charge in [-0.3, -0.25) is 16.0 Å². The molecule has 0 heterocycles. The molecule has 0 amide bonds. The molecule has 0 radical (unpaired) electrons. The van der Waals surface area contributed by atoms with Crippen molar-refractivity contribution in [3.63, 3.8) is 0 Å². The second kappa shape index (κ2) is 5.36. The molecular formula is C13H13N3O3. The van der Waals surface area contributed by atoms with Crippen molar-refractivity contribution < 1.29 is 9.66 Å². The van der Waals surface area contributed by atoms with Crippen LogP contribution in [0.15, 0.2) is 42.5 Å². The van der Waals surface area contributed by atoms with E-state index in [9.17, 15) is 10.1 Å². The van der Waals surface area contributed by atoms with Crippen LogP contribution in [0.3, 0.4) is 0 Å². The first-order valence-corrected chi connectivity index (χ1v) is 5.59. The zero-order valence-corrected chi connectivity index (χ0v) is 10.3. The van der Waals surface area contributed by atoms with Crippen LogP contribution in [0.5, 0.6) is 11.5 Å². The van der Waals surface area contributed by atoms with Crippen LogP contribution in [0, 0.1) is 17.0 Å². The molecule has 2 rings (SSSR count).